The minimum Gasteiger partial charge on any atom is -0.394 e. The second-order valence-corrected chi connectivity index (χ2v) is 27.5. The molecule has 19 heteroatoms. The molecule has 3 aliphatic rings. The van der Waals surface area contributed by atoms with E-state index in [-0.39, 0.29) is 18.9 Å². The molecule has 17 unspecified atom stereocenters. The summed E-state index contributed by atoms with van der Waals surface area (Å²) in [6, 6.07) is -0.995. The van der Waals surface area contributed by atoms with Gasteiger partial charge in [0.15, 0.2) is 18.9 Å². The van der Waals surface area contributed by atoms with Gasteiger partial charge in [0.25, 0.3) is 0 Å². The summed E-state index contributed by atoms with van der Waals surface area (Å²) in [5, 5.41) is 121. The number of carbonyl (C=O) groups excluding carboxylic acids is 1. The average molecular weight is 1340 g/mol. The maximum atomic E-state index is 13.4. The Morgan fingerprint density at radius 2 is 0.681 bits per heavy atom. The maximum Gasteiger partial charge on any atom is 0.220 e. The molecule has 12 N–H and O–H groups in total. The Kier molecular flexibility index (Phi) is 52.0. The molecule has 3 aliphatic heterocycles. The van der Waals surface area contributed by atoms with Crippen molar-refractivity contribution in [2.24, 2.45) is 0 Å². The number of ether oxygens (including phenoxy) is 6. The molecule has 0 aromatic heterocycles. The van der Waals surface area contributed by atoms with Crippen molar-refractivity contribution >= 4 is 5.91 Å². The van der Waals surface area contributed by atoms with Crippen molar-refractivity contribution in [2.45, 2.75) is 407 Å². The molecule has 3 saturated heterocycles. The van der Waals surface area contributed by atoms with Gasteiger partial charge in [-0.1, -0.05) is 288 Å². The van der Waals surface area contributed by atoms with Crippen LogP contribution in [0.2, 0.25) is 0 Å². The lowest BCUT2D eigenvalue weighted by Gasteiger charge is -2.48. The standard InChI is InChI=1S/C75H139NO18/c1-3-5-7-9-11-13-15-17-19-21-23-24-25-26-27-28-29-30-31-32-33-35-36-38-40-42-44-46-48-50-52-59(80)58(76-63(81)53-51-49-47-45-43-41-39-37-34-22-20-18-16-14-12-10-8-6-4-2)57-89-73-69(87)66(84)71(61(55-78)91-73)94-75-70(88)67(85)72(62(56-79)92-75)93-74-68(86)65(83)64(82)60(54-77)90-74/h35-36,42,44,50,52,58-62,64-75,77-80,82-88H,3-34,37-41,43,45-49,51,53-57H2,1-2H3,(H,76,81)/b36-35+,44-42+,52-50+. The fourth-order valence-corrected chi connectivity index (χ4v) is 13.0. The fourth-order valence-electron chi connectivity index (χ4n) is 13.0. The van der Waals surface area contributed by atoms with Crippen LogP contribution in [-0.4, -0.2) is 193 Å². The highest BCUT2D eigenvalue weighted by molar-refractivity contribution is 5.76. The third kappa shape index (κ3) is 37.4. The molecule has 3 fully saturated rings. The normalized spacial score (nSPS) is 27.5. The molecule has 0 aromatic carbocycles. The molecule has 0 saturated carbocycles. The zero-order valence-electron chi connectivity index (χ0n) is 58.7. The van der Waals surface area contributed by atoms with Gasteiger partial charge in [0.1, 0.15) is 73.2 Å². The van der Waals surface area contributed by atoms with Crippen LogP contribution in [0.3, 0.4) is 0 Å². The Morgan fingerprint density at radius 3 is 1.06 bits per heavy atom. The van der Waals surface area contributed by atoms with Crippen LogP contribution in [0.25, 0.3) is 0 Å². The number of nitrogens with one attached hydrogen (secondary N) is 1. The van der Waals surface area contributed by atoms with E-state index in [1.807, 2.05) is 6.08 Å². The number of hydrogen-bond acceptors (Lipinski definition) is 18. The molecule has 3 rings (SSSR count). The molecule has 94 heavy (non-hydrogen) atoms. The summed E-state index contributed by atoms with van der Waals surface area (Å²) < 4.78 is 34.4. The molecule has 0 aliphatic carbocycles. The molecule has 17 atom stereocenters. The lowest BCUT2D eigenvalue weighted by molar-refractivity contribution is -0.379. The van der Waals surface area contributed by atoms with Gasteiger partial charge in [0, 0.05) is 6.42 Å². The predicted molar refractivity (Wildman–Crippen MR) is 369 cm³/mol. The summed E-state index contributed by atoms with van der Waals surface area (Å²) in [5.41, 5.74) is 0. The summed E-state index contributed by atoms with van der Waals surface area (Å²) >= 11 is 0. The van der Waals surface area contributed by atoms with Crippen molar-refractivity contribution in [1.29, 1.82) is 0 Å². The van der Waals surface area contributed by atoms with E-state index in [4.69, 9.17) is 28.4 Å². The Hall–Kier alpha value is -1.99. The van der Waals surface area contributed by atoms with Crippen LogP contribution < -0.4 is 5.32 Å². The first-order valence-electron chi connectivity index (χ1n) is 38.2. The van der Waals surface area contributed by atoms with Gasteiger partial charge in [-0.25, -0.2) is 0 Å². The quantitative estimate of drug-likeness (QED) is 0.0199. The highest BCUT2D eigenvalue weighted by atomic mass is 16.8. The van der Waals surface area contributed by atoms with E-state index in [1.165, 1.54) is 225 Å². The van der Waals surface area contributed by atoms with Crippen molar-refractivity contribution in [3.63, 3.8) is 0 Å². The molecule has 1 amide bonds. The Balaban J connectivity index is 1.41. The van der Waals surface area contributed by atoms with Crippen molar-refractivity contribution in [2.75, 3.05) is 26.4 Å². The van der Waals surface area contributed by atoms with Crippen LogP contribution in [0.1, 0.15) is 303 Å². The molecule has 0 radical (unpaired) electrons. The Labute approximate surface area is 568 Å². The number of hydrogen-bond donors (Lipinski definition) is 12. The first kappa shape index (κ1) is 86.2. The van der Waals surface area contributed by atoms with Crippen molar-refractivity contribution < 1.29 is 89.4 Å². The number of aliphatic hydroxyl groups excluding tert-OH is 11. The zero-order chi connectivity index (χ0) is 68.2. The van der Waals surface area contributed by atoms with E-state index >= 15 is 0 Å². The maximum absolute atomic E-state index is 13.4. The Morgan fingerprint density at radius 1 is 0.372 bits per heavy atom. The number of amides is 1. The van der Waals surface area contributed by atoms with Gasteiger partial charge in [-0.05, 0) is 44.9 Å². The second-order valence-electron chi connectivity index (χ2n) is 27.5. The van der Waals surface area contributed by atoms with Crippen molar-refractivity contribution in [3.8, 4) is 0 Å². The molecule has 19 nitrogen and oxygen atoms in total. The number of allylic oxidation sites excluding steroid dienone is 5. The minimum atomic E-state index is -1.98. The summed E-state index contributed by atoms with van der Waals surface area (Å²) in [5.74, 6) is -0.284. The number of aliphatic hydroxyl groups is 11. The molecule has 0 aromatic rings. The fraction of sp³-hybridized carbons (Fsp3) is 0.907. The minimum absolute atomic E-state index is 0.236. The summed E-state index contributed by atoms with van der Waals surface area (Å²) in [4.78, 5) is 13.4. The molecule has 0 bridgehead atoms. The predicted octanol–water partition coefficient (Wildman–Crippen LogP) is 11.6. The monoisotopic (exact) mass is 1340 g/mol. The lowest BCUT2D eigenvalue weighted by atomic mass is 9.96. The van der Waals surface area contributed by atoms with Gasteiger partial charge in [-0.15, -0.1) is 0 Å². The van der Waals surface area contributed by atoms with Crippen molar-refractivity contribution in [3.05, 3.63) is 36.5 Å². The van der Waals surface area contributed by atoms with Crippen LogP contribution in [0.4, 0.5) is 0 Å². The SMILES string of the molecule is CCCCCCCCCCCCCCCCCCCCCC/C=C/CC/C=C/CC/C=C/C(O)C(COC1OC(CO)C(OC2OC(CO)C(OC3OC(CO)C(O)C(O)C3O)C(O)C2O)C(O)C1O)NC(=O)CCCCCCCCCCCCCCCCCCCCC. The van der Waals surface area contributed by atoms with Crippen LogP contribution >= 0.6 is 0 Å². The van der Waals surface area contributed by atoms with E-state index in [0.717, 1.165) is 44.9 Å². The highest BCUT2D eigenvalue weighted by Crippen LogP contribution is 2.33. The number of rotatable bonds is 60. The third-order valence-electron chi connectivity index (χ3n) is 19.2. The van der Waals surface area contributed by atoms with E-state index < -0.39 is 124 Å². The first-order chi connectivity index (χ1) is 45.8. The summed E-state index contributed by atoms with van der Waals surface area (Å²) in [7, 11) is 0. The van der Waals surface area contributed by atoms with Gasteiger partial charge in [-0.3, -0.25) is 4.79 Å². The number of carbonyl (C=O) groups is 1. The van der Waals surface area contributed by atoms with Crippen LogP contribution in [0.15, 0.2) is 36.5 Å². The van der Waals surface area contributed by atoms with E-state index in [0.29, 0.717) is 12.8 Å². The van der Waals surface area contributed by atoms with E-state index in [2.05, 4.69) is 43.5 Å². The van der Waals surface area contributed by atoms with Crippen LogP contribution in [0.5, 0.6) is 0 Å². The van der Waals surface area contributed by atoms with Gasteiger partial charge >= 0.3 is 0 Å². The van der Waals surface area contributed by atoms with Gasteiger partial charge < -0.3 is 89.9 Å². The topological polar surface area (TPSA) is 307 Å². The van der Waals surface area contributed by atoms with Crippen molar-refractivity contribution in [1.82, 2.24) is 5.32 Å². The van der Waals surface area contributed by atoms with E-state index in [1.54, 1.807) is 6.08 Å². The number of unbranched alkanes of at least 4 members (excludes halogenated alkanes) is 40. The smallest absolute Gasteiger partial charge is 0.220 e. The van der Waals surface area contributed by atoms with Gasteiger partial charge in [0.2, 0.25) is 5.91 Å². The molecule has 3 heterocycles. The second kappa shape index (κ2) is 56.7. The Bertz CT molecular complexity index is 1840. The largest absolute Gasteiger partial charge is 0.394 e. The third-order valence-corrected chi connectivity index (χ3v) is 19.2. The zero-order valence-corrected chi connectivity index (χ0v) is 58.7. The van der Waals surface area contributed by atoms with E-state index in [9.17, 15) is 61.0 Å². The lowest BCUT2D eigenvalue weighted by Crippen LogP contribution is -2.66. The van der Waals surface area contributed by atoms with Crippen LogP contribution in [0, 0.1) is 0 Å². The highest BCUT2D eigenvalue weighted by Gasteiger charge is 2.53. The molecular formula is C75H139NO18. The van der Waals surface area contributed by atoms with Gasteiger partial charge in [0.05, 0.1) is 38.6 Å². The van der Waals surface area contributed by atoms with Crippen LogP contribution in [-0.2, 0) is 33.2 Å². The molecule has 552 valence electrons. The first-order valence-corrected chi connectivity index (χ1v) is 38.2. The summed E-state index contributed by atoms with van der Waals surface area (Å²) in [6.07, 6.45) is 41.4. The molecule has 0 spiro atoms. The van der Waals surface area contributed by atoms with Gasteiger partial charge in [-0.2, -0.15) is 0 Å². The average Bonchev–Trinajstić information content (AvgIpc) is 0.787. The summed E-state index contributed by atoms with van der Waals surface area (Å²) in [6.45, 7) is 1.75. The molecular weight excluding hydrogens is 1200 g/mol.